The van der Waals surface area contributed by atoms with Crippen molar-refractivity contribution in [2.75, 3.05) is 48.0 Å². The van der Waals surface area contributed by atoms with Gasteiger partial charge >= 0.3 is 0 Å². The van der Waals surface area contributed by atoms with Crippen LogP contribution in [0, 0.1) is 0 Å². The standard InChI is InChI=1S/C21H28N2O3/c1-22-12-13-23(18(15-22)16-8-6-5-7-9-16)14-17-10-11-19(24-2)21(26-4)20(17)25-3/h5-11,18H,12-15H2,1-4H3/t18-/m1/s1. The second kappa shape index (κ2) is 8.43. The van der Waals surface area contributed by atoms with Gasteiger partial charge in [-0.2, -0.15) is 0 Å². The Morgan fingerprint density at radius 1 is 0.885 bits per heavy atom. The molecule has 1 aliphatic rings. The zero-order valence-corrected chi connectivity index (χ0v) is 16.1. The number of methoxy groups -OCH3 is 3. The Morgan fingerprint density at radius 3 is 2.27 bits per heavy atom. The molecule has 0 amide bonds. The van der Waals surface area contributed by atoms with Crippen molar-refractivity contribution in [1.29, 1.82) is 0 Å². The molecule has 2 aromatic rings. The van der Waals surface area contributed by atoms with Gasteiger partial charge in [0.15, 0.2) is 11.5 Å². The van der Waals surface area contributed by atoms with E-state index in [0.29, 0.717) is 17.5 Å². The highest BCUT2D eigenvalue weighted by atomic mass is 16.5. The lowest BCUT2D eigenvalue weighted by Crippen LogP contribution is -2.46. The maximum atomic E-state index is 5.67. The van der Waals surface area contributed by atoms with E-state index in [-0.39, 0.29) is 0 Å². The van der Waals surface area contributed by atoms with Gasteiger partial charge in [0.2, 0.25) is 5.75 Å². The Bertz CT molecular complexity index is 721. The molecular weight excluding hydrogens is 328 g/mol. The molecule has 1 saturated heterocycles. The number of hydrogen-bond acceptors (Lipinski definition) is 5. The van der Waals surface area contributed by atoms with Gasteiger partial charge in [-0.1, -0.05) is 36.4 Å². The fourth-order valence-corrected chi connectivity index (χ4v) is 3.64. The zero-order chi connectivity index (χ0) is 18.5. The Kier molecular flexibility index (Phi) is 6.01. The first-order valence-electron chi connectivity index (χ1n) is 8.93. The first kappa shape index (κ1) is 18.5. The number of likely N-dealkylation sites (N-methyl/N-ethyl adjacent to an activating group) is 1. The van der Waals surface area contributed by atoms with Crippen molar-refractivity contribution in [2.24, 2.45) is 0 Å². The first-order valence-corrected chi connectivity index (χ1v) is 8.93. The molecule has 1 heterocycles. The van der Waals surface area contributed by atoms with E-state index in [0.717, 1.165) is 37.5 Å². The molecule has 0 spiro atoms. The fraction of sp³-hybridized carbons (Fsp3) is 0.429. The van der Waals surface area contributed by atoms with Crippen LogP contribution < -0.4 is 14.2 Å². The summed E-state index contributed by atoms with van der Waals surface area (Å²) in [5.41, 5.74) is 2.45. The van der Waals surface area contributed by atoms with Crippen LogP contribution in [0.25, 0.3) is 0 Å². The molecule has 0 aliphatic carbocycles. The lowest BCUT2D eigenvalue weighted by molar-refractivity contribution is 0.0825. The van der Waals surface area contributed by atoms with E-state index in [1.807, 2.05) is 6.07 Å². The highest BCUT2D eigenvalue weighted by molar-refractivity contribution is 5.55. The van der Waals surface area contributed by atoms with Gasteiger partial charge in [-0.05, 0) is 18.7 Å². The molecule has 0 unspecified atom stereocenters. The van der Waals surface area contributed by atoms with Crippen molar-refractivity contribution in [3.8, 4) is 17.2 Å². The summed E-state index contributed by atoms with van der Waals surface area (Å²) in [6.45, 7) is 3.88. The first-order chi connectivity index (χ1) is 12.7. The van der Waals surface area contributed by atoms with Gasteiger partial charge in [0.25, 0.3) is 0 Å². The van der Waals surface area contributed by atoms with Crippen LogP contribution in [-0.2, 0) is 6.54 Å². The highest BCUT2D eigenvalue weighted by Crippen LogP contribution is 2.41. The van der Waals surface area contributed by atoms with Crippen LogP contribution in [0.3, 0.4) is 0 Å². The van der Waals surface area contributed by atoms with Gasteiger partial charge in [0, 0.05) is 37.8 Å². The topological polar surface area (TPSA) is 34.2 Å². The summed E-state index contributed by atoms with van der Waals surface area (Å²) < 4.78 is 16.6. The summed E-state index contributed by atoms with van der Waals surface area (Å²) in [4.78, 5) is 4.90. The van der Waals surface area contributed by atoms with E-state index < -0.39 is 0 Å². The smallest absolute Gasteiger partial charge is 0.203 e. The zero-order valence-electron chi connectivity index (χ0n) is 16.1. The largest absolute Gasteiger partial charge is 0.493 e. The molecule has 0 bridgehead atoms. The van der Waals surface area contributed by atoms with Crippen LogP contribution in [-0.4, -0.2) is 57.8 Å². The van der Waals surface area contributed by atoms with Gasteiger partial charge in [0.1, 0.15) is 0 Å². The third-order valence-corrected chi connectivity index (χ3v) is 5.04. The predicted octanol–water partition coefficient (Wildman–Crippen LogP) is 3.20. The summed E-state index contributed by atoms with van der Waals surface area (Å²) >= 11 is 0. The number of rotatable bonds is 6. The Labute approximate surface area is 156 Å². The molecule has 0 N–H and O–H groups in total. The maximum absolute atomic E-state index is 5.67. The molecule has 1 aliphatic heterocycles. The van der Waals surface area contributed by atoms with Crippen LogP contribution in [0.1, 0.15) is 17.2 Å². The van der Waals surface area contributed by atoms with E-state index >= 15 is 0 Å². The van der Waals surface area contributed by atoms with Crippen molar-refractivity contribution in [3.05, 3.63) is 53.6 Å². The maximum Gasteiger partial charge on any atom is 0.203 e. The molecule has 3 rings (SSSR count). The van der Waals surface area contributed by atoms with Crippen molar-refractivity contribution in [2.45, 2.75) is 12.6 Å². The number of ether oxygens (including phenoxy) is 3. The number of benzene rings is 2. The minimum absolute atomic E-state index is 0.354. The summed E-state index contributed by atoms with van der Waals surface area (Å²) in [6.07, 6.45) is 0. The Balaban J connectivity index is 1.91. The van der Waals surface area contributed by atoms with Crippen LogP contribution in [0.5, 0.6) is 17.2 Å². The second-order valence-corrected chi connectivity index (χ2v) is 6.65. The van der Waals surface area contributed by atoms with Crippen molar-refractivity contribution in [3.63, 3.8) is 0 Å². The number of nitrogens with zero attached hydrogens (tertiary/aromatic N) is 2. The summed E-state index contributed by atoms with van der Waals surface area (Å²) in [5.74, 6) is 2.08. The normalized spacial score (nSPS) is 18.5. The van der Waals surface area contributed by atoms with Gasteiger partial charge in [-0.3, -0.25) is 4.90 Å². The number of hydrogen-bond donors (Lipinski definition) is 0. The van der Waals surface area contributed by atoms with Crippen LogP contribution in [0.15, 0.2) is 42.5 Å². The minimum Gasteiger partial charge on any atom is -0.493 e. The molecule has 0 saturated carbocycles. The van der Waals surface area contributed by atoms with Crippen molar-refractivity contribution >= 4 is 0 Å². The monoisotopic (exact) mass is 356 g/mol. The van der Waals surface area contributed by atoms with Gasteiger partial charge < -0.3 is 19.1 Å². The van der Waals surface area contributed by atoms with E-state index in [1.54, 1.807) is 21.3 Å². The third-order valence-electron chi connectivity index (χ3n) is 5.04. The molecule has 140 valence electrons. The Morgan fingerprint density at radius 2 is 1.62 bits per heavy atom. The second-order valence-electron chi connectivity index (χ2n) is 6.65. The van der Waals surface area contributed by atoms with Crippen LogP contribution in [0.4, 0.5) is 0 Å². The van der Waals surface area contributed by atoms with Gasteiger partial charge in [0.05, 0.1) is 21.3 Å². The quantitative estimate of drug-likeness (QED) is 0.794. The molecule has 0 radical (unpaired) electrons. The summed E-state index contributed by atoms with van der Waals surface area (Å²) in [7, 11) is 7.15. The van der Waals surface area contributed by atoms with Gasteiger partial charge in [-0.25, -0.2) is 0 Å². The SMILES string of the molecule is COc1ccc(CN2CCN(C)C[C@@H]2c2ccccc2)c(OC)c1OC. The molecular formula is C21H28N2O3. The van der Waals surface area contributed by atoms with Crippen molar-refractivity contribution < 1.29 is 14.2 Å². The van der Waals surface area contributed by atoms with Crippen molar-refractivity contribution in [1.82, 2.24) is 9.80 Å². The van der Waals surface area contributed by atoms with Crippen LogP contribution >= 0.6 is 0 Å². The summed E-state index contributed by atoms with van der Waals surface area (Å²) in [5, 5.41) is 0. The highest BCUT2D eigenvalue weighted by Gasteiger charge is 2.28. The fourth-order valence-electron chi connectivity index (χ4n) is 3.64. The Hall–Kier alpha value is -2.24. The lowest BCUT2D eigenvalue weighted by atomic mass is 10.0. The van der Waals surface area contributed by atoms with E-state index in [9.17, 15) is 0 Å². The average molecular weight is 356 g/mol. The molecule has 5 nitrogen and oxygen atoms in total. The molecule has 26 heavy (non-hydrogen) atoms. The van der Waals surface area contributed by atoms with Gasteiger partial charge in [-0.15, -0.1) is 0 Å². The van der Waals surface area contributed by atoms with Crippen LogP contribution in [0.2, 0.25) is 0 Å². The lowest BCUT2D eigenvalue weighted by Gasteiger charge is -2.40. The molecule has 1 fully saturated rings. The molecule has 2 aromatic carbocycles. The number of piperazine rings is 1. The average Bonchev–Trinajstić information content (AvgIpc) is 2.69. The van der Waals surface area contributed by atoms with E-state index in [2.05, 4.69) is 53.2 Å². The van der Waals surface area contributed by atoms with E-state index in [4.69, 9.17) is 14.2 Å². The molecule has 1 atom stereocenters. The molecule has 5 heteroatoms. The predicted molar refractivity (Wildman–Crippen MR) is 103 cm³/mol. The minimum atomic E-state index is 0.354. The summed E-state index contributed by atoms with van der Waals surface area (Å²) in [6, 6.07) is 15.1. The molecule has 0 aromatic heterocycles. The van der Waals surface area contributed by atoms with E-state index in [1.165, 1.54) is 5.56 Å². The third kappa shape index (κ3) is 3.79.